The minimum absolute atomic E-state index is 0.0689. The molecule has 0 fully saturated rings. The van der Waals surface area contributed by atoms with Crippen LogP contribution in [-0.2, 0) is 10.0 Å². The van der Waals surface area contributed by atoms with Crippen molar-refractivity contribution in [3.05, 3.63) is 47.4 Å². The van der Waals surface area contributed by atoms with Gasteiger partial charge in [-0.2, -0.15) is 4.39 Å². The average molecular weight is 295 g/mol. The number of rotatable bonds is 3. The first kappa shape index (κ1) is 14.3. The third kappa shape index (κ3) is 2.88. The lowest BCUT2D eigenvalue weighted by Gasteiger charge is -2.13. The summed E-state index contributed by atoms with van der Waals surface area (Å²) in [5.41, 5.74) is 7.20. The van der Waals surface area contributed by atoms with Crippen molar-refractivity contribution in [3.8, 4) is 0 Å². The van der Waals surface area contributed by atoms with Crippen molar-refractivity contribution in [1.82, 2.24) is 4.98 Å². The first-order valence-corrected chi connectivity index (χ1v) is 7.30. The molecule has 3 N–H and O–H groups in total. The summed E-state index contributed by atoms with van der Waals surface area (Å²) in [6, 6.07) is 7.03. The summed E-state index contributed by atoms with van der Waals surface area (Å²) in [5.74, 6) is -0.823. The minimum Gasteiger partial charge on any atom is -0.399 e. The van der Waals surface area contributed by atoms with Crippen LogP contribution in [-0.4, -0.2) is 13.4 Å². The maximum atomic E-state index is 13.0. The van der Waals surface area contributed by atoms with Gasteiger partial charge in [-0.1, -0.05) is 6.07 Å². The van der Waals surface area contributed by atoms with Crippen molar-refractivity contribution >= 4 is 21.5 Å². The van der Waals surface area contributed by atoms with Gasteiger partial charge in [0.05, 0.1) is 4.90 Å². The summed E-state index contributed by atoms with van der Waals surface area (Å²) in [7, 11) is -3.84. The topological polar surface area (TPSA) is 85.1 Å². The molecule has 0 bridgehead atoms. The molecule has 0 unspecified atom stereocenters. The Labute approximate surface area is 116 Å². The summed E-state index contributed by atoms with van der Waals surface area (Å²) >= 11 is 0. The molecule has 0 saturated carbocycles. The second-order valence-corrected chi connectivity index (χ2v) is 6.05. The van der Waals surface area contributed by atoms with Crippen LogP contribution in [0.25, 0.3) is 0 Å². The van der Waals surface area contributed by atoms with Gasteiger partial charge >= 0.3 is 0 Å². The quantitative estimate of drug-likeness (QED) is 0.671. The fourth-order valence-electron chi connectivity index (χ4n) is 2.06. The molecule has 0 saturated heterocycles. The molecule has 20 heavy (non-hydrogen) atoms. The highest BCUT2D eigenvalue weighted by atomic mass is 32.2. The predicted octanol–water partition coefficient (Wildman–Crippen LogP) is 2.22. The first-order valence-electron chi connectivity index (χ1n) is 5.82. The van der Waals surface area contributed by atoms with Gasteiger partial charge in [-0.05, 0) is 49.2 Å². The molecule has 1 aromatic heterocycles. The number of halogens is 1. The van der Waals surface area contributed by atoms with E-state index in [1.807, 2.05) is 0 Å². The van der Waals surface area contributed by atoms with Crippen LogP contribution in [0.15, 0.2) is 35.2 Å². The zero-order valence-electron chi connectivity index (χ0n) is 11.0. The van der Waals surface area contributed by atoms with Gasteiger partial charge in [-0.25, -0.2) is 13.4 Å². The van der Waals surface area contributed by atoms with E-state index >= 15 is 0 Å². The van der Waals surface area contributed by atoms with Crippen LogP contribution in [0.5, 0.6) is 0 Å². The van der Waals surface area contributed by atoms with E-state index in [0.29, 0.717) is 16.8 Å². The molecule has 2 aromatic rings. The van der Waals surface area contributed by atoms with Gasteiger partial charge < -0.3 is 5.73 Å². The fourth-order valence-corrected chi connectivity index (χ4v) is 3.52. The predicted molar refractivity (Wildman–Crippen MR) is 75.3 cm³/mol. The Morgan fingerprint density at radius 1 is 1.20 bits per heavy atom. The van der Waals surface area contributed by atoms with E-state index in [1.165, 1.54) is 12.1 Å². The standard InChI is InChI=1S/C13H14FN3O2S/c1-8-6-10(15)7-9(2)13(8)20(18,19)17-12-5-3-4-11(14)16-12/h3-7H,15H2,1-2H3,(H,16,17). The monoisotopic (exact) mass is 295 g/mol. The van der Waals surface area contributed by atoms with Crippen LogP contribution in [0, 0.1) is 19.8 Å². The van der Waals surface area contributed by atoms with Crippen molar-refractivity contribution in [2.45, 2.75) is 18.7 Å². The number of benzene rings is 1. The number of aromatic nitrogens is 1. The summed E-state index contributed by atoms with van der Waals surface area (Å²) in [4.78, 5) is 3.60. The lowest BCUT2D eigenvalue weighted by atomic mass is 10.1. The van der Waals surface area contributed by atoms with Crippen LogP contribution in [0.4, 0.5) is 15.9 Å². The smallest absolute Gasteiger partial charge is 0.263 e. The molecule has 1 aromatic carbocycles. The fraction of sp³-hybridized carbons (Fsp3) is 0.154. The van der Waals surface area contributed by atoms with Crippen molar-refractivity contribution in [3.63, 3.8) is 0 Å². The molecule has 106 valence electrons. The molecule has 0 aliphatic rings. The Balaban J connectivity index is 2.46. The maximum Gasteiger partial charge on any atom is 0.263 e. The molecule has 0 aliphatic carbocycles. The Hall–Kier alpha value is -2.15. The Kier molecular flexibility index (Phi) is 3.63. The van der Waals surface area contributed by atoms with E-state index in [9.17, 15) is 12.8 Å². The lowest BCUT2D eigenvalue weighted by Crippen LogP contribution is -2.17. The van der Waals surface area contributed by atoms with Gasteiger partial charge in [-0.3, -0.25) is 4.72 Å². The first-order chi connectivity index (χ1) is 9.29. The molecule has 0 atom stereocenters. The molecule has 0 radical (unpaired) electrons. The van der Waals surface area contributed by atoms with Gasteiger partial charge in [0.15, 0.2) is 0 Å². The summed E-state index contributed by atoms with van der Waals surface area (Å²) in [5, 5.41) is 0. The summed E-state index contributed by atoms with van der Waals surface area (Å²) < 4.78 is 40.0. The van der Waals surface area contributed by atoms with Gasteiger partial charge in [0.25, 0.3) is 10.0 Å². The van der Waals surface area contributed by atoms with E-state index in [-0.39, 0.29) is 10.7 Å². The molecule has 5 nitrogen and oxygen atoms in total. The van der Waals surface area contributed by atoms with Crippen LogP contribution < -0.4 is 10.5 Å². The average Bonchev–Trinajstić information content (AvgIpc) is 2.25. The molecular formula is C13H14FN3O2S. The Morgan fingerprint density at radius 3 is 2.35 bits per heavy atom. The molecule has 7 heteroatoms. The molecule has 0 aliphatic heterocycles. The van der Waals surface area contributed by atoms with E-state index in [0.717, 1.165) is 6.07 Å². The molecule has 2 rings (SSSR count). The van der Waals surface area contributed by atoms with Gasteiger partial charge in [0.1, 0.15) is 5.82 Å². The number of hydrogen-bond acceptors (Lipinski definition) is 4. The second kappa shape index (κ2) is 5.09. The third-order valence-corrected chi connectivity index (χ3v) is 4.36. The van der Waals surface area contributed by atoms with Gasteiger partial charge in [-0.15, -0.1) is 0 Å². The van der Waals surface area contributed by atoms with Crippen molar-refractivity contribution in [1.29, 1.82) is 0 Å². The summed E-state index contributed by atoms with van der Waals surface area (Å²) in [6.07, 6.45) is 0. The number of nitrogens with zero attached hydrogens (tertiary/aromatic N) is 1. The number of nitrogens with one attached hydrogen (secondary N) is 1. The molecule has 0 amide bonds. The van der Waals surface area contributed by atoms with Crippen LogP contribution >= 0.6 is 0 Å². The highest BCUT2D eigenvalue weighted by molar-refractivity contribution is 7.92. The molecular weight excluding hydrogens is 281 g/mol. The number of nitrogen functional groups attached to an aromatic ring is 1. The Bertz CT molecular complexity index is 737. The number of pyridine rings is 1. The zero-order valence-corrected chi connectivity index (χ0v) is 11.8. The number of nitrogens with two attached hydrogens (primary N) is 1. The van der Waals surface area contributed by atoms with Crippen molar-refractivity contribution < 1.29 is 12.8 Å². The minimum atomic E-state index is -3.84. The van der Waals surface area contributed by atoms with Crippen LogP contribution in [0.1, 0.15) is 11.1 Å². The van der Waals surface area contributed by atoms with E-state index < -0.39 is 16.0 Å². The van der Waals surface area contributed by atoms with Gasteiger partial charge in [0, 0.05) is 5.69 Å². The van der Waals surface area contributed by atoms with Crippen molar-refractivity contribution in [2.24, 2.45) is 0 Å². The van der Waals surface area contributed by atoms with E-state index in [1.54, 1.807) is 26.0 Å². The number of hydrogen-bond donors (Lipinski definition) is 2. The number of anilines is 2. The number of sulfonamides is 1. The van der Waals surface area contributed by atoms with Crippen LogP contribution in [0.3, 0.4) is 0 Å². The van der Waals surface area contributed by atoms with Crippen LogP contribution in [0.2, 0.25) is 0 Å². The number of aryl methyl sites for hydroxylation is 2. The second-order valence-electron chi connectivity index (χ2n) is 4.43. The lowest BCUT2D eigenvalue weighted by molar-refractivity contribution is 0.584. The third-order valence-electron chi connectivity index (χ3n) is 2.71. The largest absolute Gasteiger partial charge is 0.399 e. The highest BCUT2D eigenvalue weighted by Gasteiger charge is 2.20. The SMILES string of the molecule is Cc1cc(N)cc(C)c1S(=O)(=O)Nc1cccc(F)n1. The van der Waals surface area contributed by atoms with E-state index in [4.69, 9.17) is 5.73 Å². The van der Waals surface area contributed by atoms with Crippen molar-refractivity contribution in [2.75, 3.05) is 10.5 Å². The van der Waals surface area contributed by atoms with Gasteiger partial charge in [0.2, 0.25) is 5.95 Å². The normalized spacial score (nSPS) is 11.3. The highest BCUT2D eigenvalue weighted by Crippen LogP contribution is 2.24. The Morgan fingerprint density at radius 2 is 1.80 bits per heavy atom. The van der Waals surface area contributed by atoms with E-state index in [2.05, 4.69) is 9.71 Å². The molecule has 1 heterocycles. The molecule has 0 spiro atoms. The maximum absolute atomic E-state index is 13.0. The summed E-state index contributed by atoms with van der Waals surface area (Å²) in [6.45, 7) is 3.30. The zero-order chi connectivity index (χ0) is 14.9.